The molecule has 0 aromatic carbocycles. The van der Waals surface area contributed by atoms with Gasteiger partial charge in [0.1, 0.15) is 12.1 Å². The first-order valence-corrected chi connectivity index (χ1v) is 7.83. The fourth-order valence-electron chi connectivity index (χ4n) is 2.06. The first-order valence-electron chi connectivity index (χ1n) is 5.88. The van der Waals surface area contributed by atoms with Crippen LogP contribution in [-0.2, 0) is 16.0 Å². The summed E-state index contributed by atoms with van der Waals surface area (Å²) >= 11 is 0. The molecule has 1 saturated heterocycles. The number of aromatic nitrogens is 4. The maximum absolute atomic E-state index is 12.8. The minimum atomic E-state index is -4.61. The Labute approximate surface area is 117 Å². The van der Waals surface area contributed by atoms with Crippen molar-refractivity contribution in [1.82, 2.24) is 19.6 Å². The summed E-state index contributed by atoms with van der Waals surface area (Å²) in [5.41, 5.74) is -1.08. The van der Waals surface area contributed by atoms with Gasteiger partial charge in [0.25, 0.3) is 5.78 Å². The van der Waals surface area contributed by atoms with E-state index in [2.05, 4.69) is 15.1 Å². The molecule has 1 fully saturated rings. The molecule has 1 aliphatic rings. The van der Waals surface area contributed by atoms with Crippen LogP contribution in [0.4, 0.5) is 19.0 Å². The largest absolute Gasteiger partial charge is 0.433 e. The van der Waals surface area contributed by atoms with Gasteiger partial charge in [-0.25, -0.2) is 13.4 Å². The maximum Gasteiger partial charge on any atom is 0.433 e. The number of fused-ring (bicyclic) bond motifs is 1. The molecule has 1 aliphatic heterocycles. The predicted molar refractivity (Wildman–Crippen MR) is 66.6 cm³/mol. The summed E-state index contributed by atoms with van der Waals surface area (Å²) in [6.07, 6.45) is -2.41. The van der Waals surface area contributed by atoms with Crippen LogP contribution in [0.5, 0.6) is 0 Å². The fraction of sp³-hybridized carbons (Fsp3) is 0.500. The van der Waals surface area contributed by atoms with Crippen LogP contribution in [-0.4, -0.2) is 52.6 Å². The van der Waals surface area contributed by atoms with Crippen molar-refractivity contribution >= 4 is 21.4 Å². The van der Waals surface area contributed by atoms with E-state index in [-0.39, 0.29) is 24.7 Å². The second-order valence-electron chi connectivity index (χ2n) is 4.83. The molecule has 3 rings (SSSR count). The third-order valence-electron chi connectivity index (χ3n) is 3.30. The third kappa shape index (κ3) is 2.41. The van der Waals surface area contributed by atoms with Gasteiger partial charge in [0.15, 0.2) is 15.5 Å². The van der Waals surface area contributed by atoms with Crippen LogP contribution >= 0.6 is 0 Å². The highest BCUT2D eigenvalue weighted by molar-refractivity contribution is 7.91. The number of anilines is 1. The summed E-state index contributed by atoms with van der Waals surface area (Å²) in [7, 11) is -3.21. The molecule has 2 aromatic heterocycles. The van der Waals surface area contributed by atoms with Crippen LogP contribution in [0.15, 0.2) is 12.4 Å². The summed E-state index contributed by atoms with van der Waals surface area (Å²) in [5, 5.41) is 3.23. The van der Waals surface area contributed by atoms with Gasteiger partial charge in [-0.1, -0.05) is 0 Å². The Morgan fingerprint density at radius 1 is 1.33 bits per heavy atom. The number of nitrogens with zero attached hydrogens (tertiary/aromatic N) is 5. The Morgan fingerprint density at radius 3 is 2.57 bits per heavy atom. The highest BCUT2D eigenvalue weighted by Gasteiger charge is 2.39. The van der Waals surface area contributed by atoms with Gasteiger partial charge < -0.3 is 4.90 Å². The molecule has 0 unspecified atom stereocenters. The maximum atomic E-state index is 12.8. The van der Waals surface area contributed by atoms with Gasteiger partial charge in [-0.05, 0) is 0 Å². The van der Waals surface area contributed by atoms with E-state index in [1.54, 1.807) is 0 Å². The Kier molecular flexibility index (Phi) is 2.87. The molecule has 7 nitrogen and oxygen atoms in total. The van der Waals surface area contributed by atoms with Crippen molar-refractivity contribution in [3.63, 3.8) is 0 Å². The molecule has 0 aliphatic carbocycles. The lowest BCUT2D eigenvalue weighted by Crippen LogP contribution is -2.55. The summed E-state index contributed by atoms with van der Waals surface area (Å²) in [6, 6.07) is 0.847. The minimum absolute atomic E-state index is 0.120. The van der Waals surface area contributed by atoms with Crippen LogP contribution in [0.3, 0.4) is 0 Å². The average molecular weight is 321 g/mol. The Morgan fingerprint density at radius 2 is 2.00 bits per heavy atom. The SMILES string of the molecule is CS(=O)(=O)C1CN(c2cc(C(F)(F)F)nc3ncnn23)C1. The number of halogens is 3. The molecule has 0 radical (unpaired) electrons. The van der Waals surface area contributed by atoms with Crippen molar-refractivity contribution in [3.8, 4) is 0 Å². The second kappa shape index (κ2) is 4.29. The lowest BCUT2D eigenvalue weighted by Gasteiger charge is -2.39. The van der Waals surface area contributed by atoms with Gasteiger partial charge in [-0.2, -0.15) is 27.8 Å². The van der Waals surface area contributed by atoms with Crippen LogP contribution in [0.1, 0.15) is 5.69 Å². The molecular weight excluding hydrogens is 311 g/mol. The van der Waals surface area contributed by atoms with Crippen LogP contribution in [0.2, 0.25) is 0 Å². The lowest BCUT2D eigenvalue weighted by molar-refractivity contribution is -0.141. The topological polar surface area (TPSA) is 80.5 Å². The zero-order valence-electron chi connectivity index (χ0n) is 10.7. The molecule has 0 spiro atoms. The van der Waals surface area contributed by atoms with E-state index in [9.17, 15) is 21.6 Å². The van der Waals surface area contributed by atoms with Gasteiger partial charge >= 0.3 is 6.18 Å². The van der Waals surface area contributed by atoms with E-state index >= 15 is 0 Å². The number of alkyl halides is 3. The zero-order valence-corrected chi connectivity index (χ0v) is 11.6. The van der Waals surface area contributed by atoms with E-state index < -0.39 is 27.0 Å². The molecule has 0 N–H and O–H groups in total. The minimum Gasteiger partial charge on any atom is -0.354 e. The van der Waals surface area contributed by atoms with Gasteiger partial charge in [0.2, 0.25) is 0 Å². The highest BCUT2D eigenvalue weighted by Crippen LogP contribution is 2.32. The third-order valence-corrected chi connectivity index (χ3v) is 4.81. The number of hydrogen-bond donors (Lipinski definition) is 0. The van der Waals surface area contributed by atoms with Crippen molar-refractivity contribution < 1.29 is 21.6 Å². The van der Waals surface area contributed by atoms with Gasteiger partial charge in [0, 0.05) is 25.4 Å². The summed E-state index contributed by atoms with van der Waals surface area (Å²) < 4.78 is 62.4. The number of sulfone groups is 1. The van der Waals surface area contributed by atoms with E-state index in [4.69, 9.17) is 0 Å². The van der Waals surface area contributed by atoms with Crippen molar-refractivity contribution in [1.29, 1.82) is 0 Å². The molecule has 2 aromatic rings. The van der Waals surface area contributed by atoms with Gasteiger partial charge in [-0.3, -0.25) is 0 Å². The number of hydrogen-bond acceptors (Lipinski definition) is 6. The molecule has 114 valence electrons. The quantitative estimate of drug-likeness (QED) is 0.795. The van der Waals surface area contributed by atoms with Crippen LogP contribution in [0, 0.1) is 0 Å². The molecule has 0 saturated carbocycles. The van der Waals surface area contributed by atoms with Gasteiger partial charge in [0.05, 0.1) is 5.25 Å². The lowest BCUT2D eigenvalue weighted by atomic mass is 10.2. The van der Waals surface area contributed by atoms with E-state index in [0.29, 0.717) is 0 Å². The van der Waals surface area contributed by atoms with Crippen molar-refractivity contribution in [2.45, 2.75) is 11.4 Å². The second-order valence-corrected chi connectivity index (χ2v) is 7.15. The van der Waals surface area contributed by atoms with Crippen molar-refractivity contribution in [2.24, 2.45) is 0 Å². The monoisotopic (exact) mass is 321 g/mol. The Balaban J connectivity index is 2.01. The van der Waals surface area contributed by atoms with E-state index in [1.807, 2.05) is 0 Å². The molecule has 21 heavy (non-hydrogen) atoms. The van der Waals surface area contributed by atoms with Crippen molar-refractivity contribution in [3.05, 3.63) is 18.1 Å². The summed E-state index contributed by atoms with van der Waals surface area (Å²) in [4.78, 5) is 8.56. The molecule has 0 bridgehead atoms. The molecule has 11 heteroatoms. The summed E-state index contributed by atoms with van der Waals surface area (Å²) in [5.74, 6) is -0.0487. The Hall–Kier alpha value is -1.91. The average Bonchev–Trinajstić information content (AvgIpc) is 2.71. The first kappa shape index (κ1) is 14.0. The van der Waals surface area contributed by atoms with Gasteiger partial charge in [-0.15, -0.1) is 0 Å². The number of rotatable bonds is 2. The predicted octanol–water partition coefficient (Wildman–Crippen LogP) is 0.376. The zero-order chi connectivity index (χ0) is 15.4. The van der Waals surface area contributed by atoms with E-state index in [1.165, 1.54) is 4.90 Å². The first-order chi connectivity index (χ1) is 9.66. The standard InChI is InChI=1S/C10H10F3N5O2S/c1-21(19,20)6-3-17(4-6)8-2-7(10(11,12)13)16-9-14-5-15-18(8)9/h2,5-6H,3-4H2,1H3. The Bertz CT molecular complexity index is 795. The molecular formula is C10H10F3N5O2S. The van der Waals surface area contributed by atoms with Crippen LogP contribution < -0.4 is 4.90 Å². The molecule has 3 heterocycles. The fourth-order valence-corrected chi connectivity index (χ4v) is 2.96. The van der Waals surface area contributed by atoms with E-state index in [0.717, 1.165) is 23.2 Å². The van der Waals surface area contributed by atoms with Crippen molar-refractivity contribution in [2.75, 3.05) is 24.2 Å². The molecule has 0 atom stereocenters. The smallest absolute Gasteiger partial charge is 0.354 e. The molecule has 0 amide bonds. The highest BCUT2D eigenvalue weighted by atomic mass is 32.2. The van der Waals surface area contributed by atoms with Crippen LogP contribution in [0.25, 0.3) is 5.78 Å². The summed E-state index contributed by atoms with van der Waals surface area (Å²) in [6.45, 7) is 0.240. The normalized spacial score (nSPS) is 17.2.